The van der Waals surface area contributed by atoms with Gasteiger partial charge in [0.15, 0.2) is 0 Å². The molecule has 0 spiro atoms. The maximum absolute atomic E-state index is 10.4. The van der Waals surface area contributed by atoms with Crippen molar-refractivity contribution >= 4 is 11.0 Å². The number of rotatable bonds is 4. The first-order chi connectivity index (χ1) is 10.6. The normalized spacial score (nSPS) is 18.5. The predicted octanol–water partition coefficient (Wildman–Crippen LogP) is 1.74. The summed E-state index contributed by atoms with van der Waals surface area (Å²) in [7, 11) is 0. The van der Waals surface area contributed by atoms with Crippen LogP contribution in [0.5, 0.6) is 0 Å². The van der Waals surface area contributed by atoms with Gasteiger partial charge in [0.05, 0.1) is 36.6 Å². The van der Waals surface area contributed by atoms with E-state index >= 15 is 0 Å². The van der Waals surface area contributed by atoms with Gasteiger partial charge in [0.1, 0.15) is 0 Å². The molecule has 5 heteroatoms. The van der Waals surface area contributed by atoms with Crippen LogP contribution < -0.4 is 0 Å². The van der Waals surface area contributed by atoms with Gasteiger partial charge in [-0.25, -0.2) is 4.98 Å². The minimum atomic E-state index is -0.392. The van der Waals surface area contributed by atoms with Gasteiger partial charge in [0.25, 0.3) is 0 Å². The molecule has 1 fully saturated rings. The monoisotopic (exact) mass is 303 g/mol. The Morgan fingerprint density at radius 2 is 2.00 bits per heavy atom. The molecule has 1 aromatic heterocycles. The summed E-state index contributed by atoms with van der Waals surface area (Å²) in [5.74, 6) is 0. The second-order valence-corrected chi connectivity index (χ2v) is 6.24. The smallest absolute Gasteiger partial charge is 0.0959 e. The molecule has 1 aliphatic rings. The lowest BCUT2D eigenvalue weighted by atomic mass is 10.1. The molecular formula is C17H25N3O2. The first-order valence-electron chi connectivity index (χ1n) is 8.04. The summed E-state index contributed by atoms with van der Waals surface area (Å²) in [5.41, 5.74) is 4.61. The van der Waals surface area contributed by atoms with Crippen LogP contribution in [0.4, 0.5) is 0 Å². The Labute approximate surface area is 131 Å². The van der Waals surface area contributed by atoms with E-state index in [9.17, 15) is 5.11 Å². The van der Waals surface area contributed by atoms with Crippen LogP contribution in [0.2, 0.25) is 0 Å². The van der Waals surface area contributed by atoms with Crippen LogP contribution in [0.1, 0.15) is 17.5 Å². The molecule has 0 amide bonds. The maximum Gasteiger partial charge on any atom is 0.0959 e. The van der Waals surface area contributed by atoms with Gasteiger partial charge in [-0.15, -0.1) is 0 Å². The lowest BCUT2D eigenvalue weighted by Crippen LogP contribution is -2.36. The number of β-amino-alcohol motifs (C(OH)–C–C–N with tert-alkyl or cyclic N) is 1. The van der Waals surface area contributed by atoms with E-state index in [0.29, 0.717) is 13.1 Å². The predicted molar refractivity (Wildman–Crippen MR) is 87.1 cm³/mol. The second-order valence-electron chi connectivity index (χ2n) is 6.24. The summed E-state index contributed by atoms with van der Waals surface area (Å²) in [5, 5.41) is 10.4. The van der Waals surface area contributed by atoms with Gasteiger partial charge < -0.3 is 14.4 Å². The Kier molecular flexibility index (Phi) is 4.76. The van der Waals surface area contributed by atoms with Crippen LogP contribution in [0.3, 0.4) is 0 Å². The number of hydrogen-bond donors (Lipinski definition) is 1. The van der Waals surface area contributed by atoms with Crippen molar-refractivity contribution in [3.05, 3.63) is 29.6 Å². The number of benzene rings is 1. The second kappa shape index (κ2) is 6.77. The van der Waals surface area contributed by atoms with Crippen molar-refractivity contribution in [1.29, 1.82) is 0 Å². The fraction of sp³-hybridized carbons (Fsp3) is 0.588. The molecular weight excluding hydrogens is 278 g/mol. The van der Waals surface area contributed by atoms with Crippen LogP contribution in [-0.2, 0) is 11.3 Å². The molecule has 5 nitrogen and oxygen atoms in total. The fourth-order valence-electron chi connectivity index (χ4n) is 3.02. The molecule has 2 aromatic rings. The van der Waals surface area contributed by atoms with Crippen LogP contribution in [0, 0.1) is 13.8 Å². The third kappa shape index (κ3) is 3.48. The van der Waals surface area contributed by atoms with Crippen molar-refractivity contribution in [3.63, 3.8) is 0 Å². The zero-order valence-electron chi connectivity index (χ0n) is 13.5. The van der Waals surface area contributed by atoms with Crippen molar-refractivity contribution in [1.82, 2.24) is 14.5 Å². The molecule has 1 unspecified atom stereocenters. The topological polar surface area (TPSA) is 50.5 Å². The number of aliphatic hydroxyl groups excluding tert-OH is 1. The quantitative estimate of drug-likeness (QED) is 0.935. The van der Waals surface area contributed by atoms with Crippen LogP contribution in [-0.4, -0.2) is 58.5 Å². The highest BCUT2D eigenvalue weighted by atomic mass is 16.5. The summed E-state index contributed by atoms with van der Waals surface area (Å²) in [6.07, 6.45) is 2.48. The molecule has 1 N–H and O–H groups in total. The third-order valence-electron chi connectivity index (χ3n) is 4.43. The highest BCUT2D eigenvalue weighted by Crippen LogP contribution is 2.18. The molecule has 0 saturated carbocycles. The molecule has 1 aliphatic heterocycles. The molecule has 1 atom stereocenters. The highest BCUT2D eigenvalue weighted by Gasteiger charge is 2.15. The number of aliphatic hydroxyl groups is 1. The summed E-state index contributed by atoms with van der Waals surface area (Å²) >= 11 is 0. The number of aromatic nitrogens is 2. The molecule has 2 heterocycles. The minimum absolute atomic E-state index is 0.392. The van der Waals surface area contributed by atoms with E-state index in [2.05, 4.69) is 40.4 Å². The first-order valence-corrected chi connectivity index (χ1v) is 8.04. The van der Waals surface area contributed by atoms with E-state index in [4.69, 9.17) is 4.74 Å². The van der Waals surface area contributed by atoms with Crippen LogP contribution >= 0.6 is 0 Å². The summed E-state index contributed by atoms with van der Waals surface area (Å²) in [6, 6.07) is 4.27. The zero-order valence-corrected chi connectivity index (χ0v) is 13.5. The van der Waals surface area contributed by atoms with Crippen molar-refractivity contribution in [2.45, 2.75) is 32.9 Å². The van der Waals surface area contributed by atoms with Crippen molar-refractivity contribution in [2.24, 2.45) is 0 Å². The molecule has 0 aliphatic carbocycles. The number of fused-ring (bicyclic) bond motifs is 1. The van der Waals surface area contributed by atoms with E-state index in [1.54, 1.807) is 0 Å². The SMILES string of the molecule is Cc1cc2ncn(CC(O)CN3CCCOCC3)c2cc1C. The van der Waals surface area contributed by atoms with E-state index in [1.165, 1.54) is 11.1 Å². The van der Waals surface area contributed by atoms with E-state index in [0.717, 1.165) is 43.8 Å². The molecule has 120 valence electrons. The first kappa shape index (κ1) is 15.5. The number of aryl methyl sites for hydroxylation is 2. The number of ether oxygens (including phenoxy) is 1. The third-order valence-corrected chi connectivity index (χ3v) is 4.43. The van der Waals surface area contributed by atoms with Gasteiger partial charge in [-0.3, -0.25) is 4.90 Å². The van der Waals surface area contributed by atoms with Gasteiger partial charge in [-0.1, -0.05) is 0 Å². The Hall–Kier alpha value is -1.43. The molecule has 1 aromatic carbocycles. The van der Waals surface area contributed by atoms with Gasteiger partial charge in [-0.2, -0.15) is 0 Å². The lowest BCUT2D eigenvalue weighted by Gasteiger charge is -2.23. The van der Waals surface area contributed by atoms with Crippen molar-refractivity contribution in [3.8, 4) is 0 Å². The lowest BCUT2D eigenvalue weighted by molar-refractivity contribution is 0.0926. The average molecular weight is 303 g/mol. The van der Waals surface area contributed by atoms with E-state index in [1.807, 2.05) is 6.33 Å². The molecule has 0 bridgehead atoms. The van der Waals surface area contributed by atoms with Crippen molar-refractivity contribution in [2.75, 3.05) is 32.8 Å². The summed E-state index contributed by atoms with van der Waals surface area (Å²) in [6.45, 7) is 8.98. The summed E-state index contributed by atoms with van der Waals surface area (Å²) < 4.78 is 7.51. The Morgan fingerprint density at radius 1 is 1.18 bits per heavy atom. The summed E-state index contributed by atoms with van der Waals surface area (Å²) in [4.78, 5) is 6.74. The van der Waals surface area contributed by atoms with Crippen LogP contribution in [0.25, 0.3) is 11.0 Å². The van der Waals surface area contributed by atoms with Gasteiger partial charge in [-0.05, 0) is 43.5 Å². The van der Waals surface area contributed by atoms with E-state index < -0.39 is 6.10 Å². The number of imidazole rings is 1. The standard InChI is InChI=1S/C17H25N3O2/c1-13-8-16-17(9-14(13)2)20(12-18-16)11-15(21)10-19-4-3-6-22-7-5-19/h8-9,12,15,21H,3-7,10-11H2,1-2H3. The average Bonchev–Trinajstić information content (AvgIpc) is 2.71. The highest BCUT2D eigenvalue weighted by molar-refractivity contribution is 5.77. The molecule has 0 radical (unpaired) electrons. The van der Waals surface area contributed by atoms with Crippen LogP contribution in [0.15, 0.2) is 18.5 Å². The Bertz CT molecular complexity index is 630. The van der Waals surface area contributed by atoms with Gasteiger partial charge >= 0.3 is 0 Å². The molecule has 22 heavy (non-hydrogen) atoms. The van der Waals surface area contributed by atoms with Crippen molar-refractivity contribution < 1.29 is 9.84 Å². The Balaban J connectivity index is 1.68. The van der Waals surface area contributed by atoms with Gasteiger partial charge in [0, 0.05) is 26.2 Å². The largest absolute Gasteiger partial charge is 0.390 e. The van der Waals surface area contributed by atoms with Gasteiger partial charge in [0.2, 0.25) is 0 Å². The van der Waals surface area contributed by atoms with E-state index in [-0.39, 0.29) is 0 Å². The number of nitrogens with zero attached hydrogens (tertiary/aromatic N) is 3. The number of hydrogen-bond acceptors (Lipinski definition) is 4. The maximum atomic E-state index is 10.4. The fourth-order valence-corrected chi connectivity index (χ4v) is 3.02. The molecule has 3 rings (SSSR count). The zero-order chi connectivity index (χ0) is 15.5. The minimum Gasteiger partial charge on any atom is -0.390 e. The Morgan fingerprint density at radius 3 is 2.86 bits per heavy atom. The molecule has 1 saturated heterocycles.